The Hall–Kier alpha value is -1.32. The summed E-state index contributed by atoms with van der Waals surface area (Å²) in [5.74, 6) is 0.227. The molecule has 1 atom stereocenters. The summed E-state index contributed by atoms with van der Waals surface area (Å²) < 4.78 is 0. The van der Waals surface area contributed by atoms with E-state index < -0.39 is 6.10 Å². The zero-order valence-electron chi connectivity index (χ0n) is 8.73. The number of aliphatic hydroxyl groups excluding tert-OH is 1. The second-order valence-electron chi connectivity index (χ2n) is 3.57. The monoisotopic (exact) mass is 236 g/mol. The van der Waals surface area contributed by atoms with Crippen molar-refractivity contribution in [2.24, 2.45) is 0 Å². The van der Waals surface area contributed by atoms with Gasteiger partial charge in [0.2, 0.25) is 0 Å². The normalized spacial score (nSPS) is 12.6. The quantitative estimate of drug-likeness (QED) is 0.801. The summed E-state index contributed by atoms with van der Waals surface area (Å²) in [6.07, 6.45) is 1.21. The second kappa shape index (κ2) is 5.14. The molecule has 2 rings (SSSR count). The molecule has 0 amide bonds. The minimum absolute atomic E-state index is 0.227. The fourth-order valence-electron chi connectivity index (χ4n) is 1.53. The first-order chi connectivity index (χ1) is 7.81. The minimum Gasteiger partial charge on any atom is -0.390 e. The Morgan fingerprint density at radius 3 is 2.94 bits per heavy atom. The van der Waals surface area contributed by atoms with Crippen molar-refractivity contribution in [1.29, 1.82) is 0 Å². The zero-order valence-corrected chi connectivity index (χ0v) is 9.48. The molecule has 0 radical (unpaired) electrons. The van der Waals surface area contributed by atoms with Crippen LogP contribution in [0.3, 0.4) is 0 Å². The molecule has 1 unspecified atom stereocenters. The van der Waals surface area contributed by atoms with Crippen LogP contribution in [0, 0.1) is 0 Å². The molecule has 1 aromatic carbocycles. The molecule has 2 aromatic rings. The lowest BCUT2D eigenvalue weighted by atomic mass is 10.2. The van der Waals surface area contributed by atoms with Crippen molar-refractivity contribution >= 4 is 28.2 Å². The average molecular weight is 237 g/mol. The van der Waals surface area contributed by atoms with Crippen molar-refractivity contribution in [2.75, 3.05) is 17.7 Å². The Morgan fingerprint density at radius 2 is 2.12 bits per heavy atom. The molecule has 84 valence electrons. The molecule has 0 aliphatic rings. The lowest BCUT2D eigenvalue weighted by Gasteiger charge is -2.11. The van der Waals surface area contributed by atoms with Crippen molar-refractivity contribution in [2.45, 2.75) is 6.10 Å². The first-order valence-corrected chi connectivity index (χ1v) is 5.66. The van der Waals surface area contributed by atoms with Crippen LogP contribution in [0.2, 0.25) is 0 Å². The van der Waals surface area contributed by atoms with Crippen LogP contribution in [-0.2, 0) is 0 Å². The third-order valence-electron chi connectivity index (χ3n) is 2.34. The highest BCUT2D eigenvalue weighted by Crippen LogP contribution is 2.20. The van der Waals surface area contributed by atoms with Crippen LogP contribution in [0.25, 0.3) is 10.9 Å². The van der Waals surface area contributed by atoms with Gasteiger partial charge in [-0.3, -0.25) is 4.98 Å². The SMILES string of the molecule is OC(CCl)CNc1cccc2cccnc12. The molecule has 0 spiro atoms. The second-order valence-corrected chi connectivity index (χ2v) is 3.88. The summed E-state index contributed by atoms with van der Waals surface area (Å²) in [5, 5.41) is 13.6. The maximum Gasteiger partial charge on any atom is 0.0933 e. The standard InChI is InChI=1S/C12H13ClN2O/c13-7-10(16)8-15-11-5-1-3-9-4-2-6-14-12(9)11/h1-6,10,15-16H,7-8H2. The number of fused-ring (bicyclic) bond motifs is 1. The number of benzene rings is 1. The highest BCUT2D eigenvalue weighted by atomic mass is 35.5. The van der Waals surface area contributed by atoms with Crippen LogP contribution < -0.4 is 5.32 Å². The predicted octanol–water partition coefficient (Wildman–Crippen LogP) is 2.25. The Morgan fingerprint density at radius 1 is 1.31 bits per heavy atom. The van der Waals surface area contributed by atoms with Gasteiger partial charge >= 0.3 is 0 Å². The van der Waals surface area contributed by atoms with Crippen LogP contribution >= 0.6 is 11.6 Å². The van der Waals surface area contributed by atoms with Crippen LogP contribution in [0.1, 0.15) is 0 Å². The number of hydrogen-bond acceptors (Lipinski definition) is 3. The number of nitrogens with zero attached hydrogens (tertiary/aromatic N) is 1. The Kier molecular flexibility index (Phi) is 3.59. The molecule has 0 bridgehead atoms. The summed E-state index contributed by atoms with van der Waals surface area (Å²) >= 11 is 5.53. The molecular weight excluding hydrogens is 224 g/mol. The third-order valence-corrected chi connectivity index (χ3v) is 2.70. The maximum atomic E-state index is 9.38. The van der Waals surface area contributed by atoms with Gasteiger partial charge in [0.15, 0.2) is 0 Å². The molecular formula is C12H13ClN2O. The van der Waals surface area contributed by atoms with Gasteiger partial charge in [0.1, 0.15) is 0 Å². The highest BCUT2D eigenvalue weighted by molar-refractivity contribution is 6.18. The van der Waals surface area contributed by atoms with Crippen molar-refractivity contribution in [1.82, 2.24) is 4.98 Å². The molecule has 4 heteroatoms. The van der Waals surface area contributed by atoms with E-state index in [1.54, 1.807) is 6.20 Å². The van der Waals surface area contributed by atoms with Gasteiger partial charge in [-0.2, -0.15) is 0 Å². The Bertz CT molecular complexity index is 470. The molecule has 16 heavy (non-hydrogen) atoms. The third kappa shape index (κ3) is 2.43. The van der Waals surface area contributed by atoms with E-state index in [1.165, 1.54) is 0 Å². The number of nitrogens with one attached hydrogen (secondary N) is 1. The first-order valence-electron chi connectivity index (χ1n) is 5.13. The van der Waals surface area contributed by atoms with Gasteiger partial charge in [-0.1, -0.05) is 18.2 Å². The molecule has 1 heterocycles. The largest absolute Gasteiger partial charge is 0.390 e. The number of para-hydroxylation sites is 1. The van der Waals surface area contributed by atoms with E-state index in [1.807, 2.05) is 30.3 Å². The van der Waals surface area contributed by atoms with Gasteiger partial charge < -0.3 is 10.4 Å². The lowest BCUT2D eigenvalue weighted by molar-refractivity contribution is 0.211. The maximum absolute atomic E-state index is 9.38. The summed E-state index contributed by atoms with van der Waals surface area (Å²) in [5.41, 5.74) is 1.83. The highest BCUT2D eigenvalue weighted by Gasteiger charge is 2.04. The molecule has 0 aliphatic carbocycles. The van der Waals surface area contributed by atoms with E-state index in [-0.39, 0.29) is 5.88 Å². The molecule has 0 saturated heterocycles. The van der Waals surface area contributed by atoms with E-state index in [4.69, 9.17) is 11.6 Å². The number of aromatic nitrogens is 1. The Labute approximate surface area is 99.1 Å². The fraction of sp³-hybridized carbons (Fsp3) is 0.250. The Balaban J connectivity index is 2.23. The summed E-state index contributed by atoms with van der Waals surface area (Å²) in [4.78, 5) is 4.31. The van der Waals surface area contributed by atoms with Crippen LogP contribution in [-0.4, -0.2) is 28.6 Å². The van der Waals surface area contributed by atoms with Crippen LogP contribution in [0.5, 0.6) is 0 Å². The van der Waals surface area contributed by atoms with Crippen molar-refractivity contribution in [3.8, 4) is 0 Å². The van der Waals surface area contributed by atoms with Gasteiger partial charge in [-0.15, -0.1) is 11.6 Å². The van der Waals surface area contributed by atoms with Crippen molar-refractivity contribution in [3.63, 3.8) is 0 Å². The number of halogens is 1. The average Bonchev–Trinajstić information content (AvgIpc) is 2.35. The zero-order chi connectivity index (χ0) is 11.4. The van der Waals surface area contributed by atoms with Crippen LogP contribution in [0.15, 0.2) is 36.5 Å². The van der Waals surface area contributed by atoms with Gasteiger partial charge in [0.05, 0.1) is 23.2 Å². The lowest BCUT2D eigenvalue weighted by Crippen LogP contribution is -2.20. The number of alkyl halides is 1. The number of hydrogen-bond donors (Lipinski definition) is 2. The van der Waals surface area contributed by atoms with Gasteiger partial charge in [-0.25, -0.2) is 0 Å². The van der Waals surface area contributed by atoms with E-state index >= 15 is 0 Å². The molecule has 0 aliphatic heterocycles. The van der Waals surface area contributed by atoms with Gasteiger partial charge in [0, 0.05) is 18.1 Å². The number of anilines is 1. The van der Waals surface area contributed by atoms with E-state index in [0.29, 0.717) is 6.54 Å². The minimum atomic E-state index is -0.541. The van der Waals surface area contributed by atoms with E-state index in [9.17, 15) is 5.11 Å². The van der Waals surface area contributed by atoms with Crippen molar-refractivity contribution < 1.29 is 5.11 Å². The topological polar surface area (TPSA) is 45.1 Å². The predicted molar refractivity (Wildman–Crippen MR) is 67.0 cm³/mol. The fourth-order valence-corrected chi connectivity index (χ4v) is 1.64. The summed E-state index contributed by atoms with van der Waals surface area (Å²) in [7, 11) is 0. The first kappa shape index (κ1) is 11.2. The summed E-state index contributed by atoms with van der Waals surface area (Å²) in [6, 6.07) is 9.81. The van der Waals surface area contributed by atoms with E-state index in [0.717, 1.165) is 16.6 Å². The molecule has 0 saturated carbocycles. The van der Waals surface area contributed by atoms with Gasteiger partial charge in [0.25, 0.3) is 0 Å². The molecule has 0 fully saturated rings. The smallest absolute Gasteiger partial charge is 0.0933 e. The molecule has 1 aromatic heterocycles. The number of pyridine rings is 1. The molecule has 2 N–H and O–H groups in total. The number of rotatable bonds is 4. The van der Waals surface area contributed by atoms with Gasteiger partial charge in [-0.05, 0) is 12.1 Å². The molecule has 3 nitrogen and oxygen atoms in total. The van der Waals surface area contributed by atoms with Crippen molar-refractivity contribution in [3.05, 3.63) is 36.5 Å². The van der Waals surface area contributed by atoms with Crippen LogP contribution in [0.4, 0.5) is 5.69 Å². The van der Waals surface area contributed by atoms with E-state index in [2.05, 4.69) is 10.3 Å². The summed E-state index contributed by atoms with van der Waals surface area (Å²) in [6.45, 7) is 0.430. The number of aliphatic hydroxyl groups is 1.